The Hall–Kier alpha value is -0.190. The number of imide groups is 1. The van der Waals surface area contributed by atoms with Crippen molar-refractivity contribution >= 4 is 22.1 Å². The van der Waals surface area contributed by atoms with Crippen molar-refractivity contribution in [3.8, 4) is 0 Å². The summed E-state index contributed by atoms with van der Waals surface area (Å²) in [5, 5.41) is 0.827. The molecule has 0 aromatic rings. The summed E-state index contributed by atoms with van der Waals surface area (Å²) in [6.07, 6.45) is 0. The Morgan fingerprint density at radius 3 is 2.12 bits per heavy atom. The first-order valence-corrected chi connectivity index (χ1v) is 5.37. The van der Waals surface area contributed by atoms with Gasteiger partial charge in [-0.2, -0.15) is 8.42 Å². The number of urea groups is 1. The van der Waals surface area contributed by atoms with Crippen molar-refractivity contribution in [2.75, 3.05) is 7.05 Å². The minimum absolute atomic E-state index is 0. The van der Waals surface area contributed by atoms with Gasteiger partial charge in [0.2, 0.25) is 5.91 Å². The molecular weight excluding hydrogens is 249 g/mol. The van der Waals surface area contributed by atoms with Crippen molar-refractivity contribution in [1.82, 2.24) is 10.3 Å². The predicted molar refractivity (Wildman–Crippen MR) is 51.3 cm³/mol. The zero-order valence-electron chi connectivity index (χ0n) is 9.46. The van der Waals surface area contributed by atoms with Gasteiger partial charge in [0.1, 0.15) is 0 Å². The van der Waals surface area contributed by atoms with Gasteiger partial charge in [-0.1, -0.05) is 0 Å². The Bertz CT molecular complexity index is 357. The van der Waals surface area contributed by atoms with Gasteiger partial charge in [0.25, 0.3) is 10.1 Å². The molecule has 0 rings (SSSR count). The molecule has 0 spiro atoms. The van der Waals surface area contributed by atoms with E-state index in [9.17, 15) is 18.0 Å². The molecule has 10 heteroatoms. The number of nitrogens with one attached hydrogen (secondary N) is 1. The van der Waals surface area contributed by atoms with E-state index in [1.807, 2.05) is 5.32 Å². The maximum Gasteiger partial charge on any atom is 1.00 e. The zero-order chi connectivity index (χ0) is 12.2. The summed E-state index contributed by atoms with van der Waals surface area (Å²) >= 11 is 0. The van der Waals surface area contributed by atoms with Gasteiger partial charge in [0, 0.05) is 6.92 Å². The molecule has 3 amide bonds. The van der Waals surface area contributed by atoms with Gasteiger partial charge in [-0.25, -0.2) is 4.79 Å². The van der Waals surface area contributed by atoms with Crippen LogP contribution in [-0.4, -0.2) is 42.3 Å². The van der Waals surface area contributed by atoms with Gasteiger partial charge >= 0.3 is 35.6 Å². The summed E-state index contributed by atoms with van der Waals surface area (Å²) in [6.45, 7) is 2.14. The van der Waals surface area contributed by atoms with Gasteiger partial charge in [-0.3, -0.25) is 9.35 Å². The second-order valence-electron chi connectivity index (χ2n) is 2.64. The fourth-order valence-electron chi connectivity index (χ4n) is 0.684. The number of hydrogen-bond acceptors (Lipinski definition) is 4. The van der Waals surface area contributed by atoms with Crippen LogP contribution in [0.5, 0.6) is 0 Å². The standard InChI is InChI=1S/C6H12N3O5S.Na/c1-4(15(12,13)14)8-6(11)9(7-3)5(2)10;/h4H,1-3H3,(H,8,11)(H,12,13,14);/q-1;+1. The molecule has 0 saturated carbocycles. The fourth-order valence-corrected chi connectivity index (χ4v) is 0.934. The molecule has 88 valence electrons. The minimum atomic E-state index is -4.38. The van der Waals surface area contributed by atoms with Gasteiger partial charge in [0.05, 0.1) is 0 Å². The molecule has 0 bridgehead atoms. The quantitative estimate of drug-likeness (QED) is 0.313. The van der Waals surface area contributed by atoms with E-state index in [-0.39, 0.29) is 29.6 Å². The monoisotopic (exact) mass is 261 g/mol. The molecule has 0 aromatic carbocycles. The van der Waals surface area contributed by atoms with Crippen LogP contribution in [0.15, 0.2) is 0 Å². The van der Waals surface area contributed by atoms with Crippen LogP contribution in [0.25, 0.3) is 5.43 Å². The molecule has 0 aliphatic heterocycles. The molecule has 16 heavy (non-hydrogen) atoms. The number of carbonyl (C=O) groups is 2. The summed E-state index contributed by atoms with van der Waals surface area (Å²) in [4.78, 5) is 22.0. The first-order valence-electron chi connectivity index (χ1n) is 3.87. The number of amides is 3. The average Bonchev–Trinajstić information content (AvgIpc) is 2.02. The van der Waals surface area contributed by atoms with Gasteiger partial charge < -0.3 is 15.8 Å². The third-order valence-corrected chi connectivity index (χ3v) is 2.48. The Balaban J connectivity index is 0. The molecule has 0 aliphatic rings. The maximum absolute atomic E-state index is 11.2. The van der Waals surface area contributed by atoms with Crippen LogP contribution in [0.2, 0.25) is 0 Å². The summed E-state index contributed by atoms with van der Waals surface area (Å²) in [5.74, 6) is -0.669. The summed E-state index contributed by atoms with van der Waals surface area (Å²) in [7, 11) is -3.18. The molecule has 0 saturated heterocycles. The van der Waals surface area contributed by atoms with E-state index in [0.29, 0.717) is 5.01 Å². The van der Waals surface area contributed by atoms with Crippen molar-refractivity contribution in [3.63, 3.8) is 0 Å². The van der Waals surface area contributed by atoms with Crippen LogP contribution in [0, 0.1) is 0 Å². The second kappa shape index (κ2) is 7.20. The van der Waals surface area contributed by atoms with Crippen LogP contribution in [-0.2, 0) is 14.9 Å². The molecule has 0 aliphatic carbocycles. The summed E-state index contributed by atoms with van der Waals surface area (Å²) < 4.78 is 29.7. The number of hydrogen-bond donors (Lipinski definition) is 2. The molecule has 1 atom stereocenters. The molecule has 0 fully saturated rings. The number of carbonyl (C=O) groups excluding carboxylic acids is 2. The normalized spacial score (nSPS) is 12.2. The van der Waals surface area contributed by atoms with Gasteiger partial charge in [-0.15, -0.1) is 7.05 Å². The average molecular weight is 261 g/mol. The Labute approximate surface area is 116 Å². The fraction of sp³-hybridized carbons (Fsp3) is 0.667. The molecule has 0 aromatic heterocycles. The Kier molecular flexibility index (Phi) is 8.18. The number of nitrogens with zero attached hydrogens (tertiary/aromatic N) is 2. The maximum atomic E-state index is 11.2. The van der Waals surface area contributed by atoms with Crippen LogP contribution in [0.4, 0.5) is 4.79 Å². The first kappa shape index (κ1) is 18.2. The predicted octanol–water partition coefficient (Wildman–Crippen LogP) is -3.30. The second-order valence-corrected chi connectivity index (χ2v) is 4.37. The molecule has 0 radical (unpaired) electrons. The molecule has 8 nitrogen and oxygen atoms in total. The summed E-state index contributed by atoms with van der Waals surface area (Å²) in [6, 6.07) is -1.02. The largest absolute Gasteiger partial charge is 1.00 e. The van der Waals surface area contributed by atoms with Crippen LogP contribution >= 0.6 is 0 Å². The van der Waals surface area contributed by atoms with Crippen LogP contribution < -0.4 is 34.9 Å². The van der Waals surface area contributed by atoms with Crippen LogP contribution in [0.1, 0.15) is 13.8 Å². The van der Waals surface area contributed by atoms with Gasteiger partial charge in [0.15, 0.2) is 5.37 Å². The van der Waals surface area contributed by atoms with Crippen molar-refractivity contribution < 1.29 is 52.1 Å². The van der Waals surface area contributed by atoms with Crippen molar-refractivity contribution in [2.24, 2.45) is 0 Å². The van der Waals surface area contributed by atoms with E-state index in [2.05, 4.69) is 5.43 Å². The Morgan fingerprint density at radius 1 is 1.44 bits per heavy atom. The topological polar surface area (TPSA) is 118 Å². The minimum Gasteiger partial charge on any atom is -0.560 e. The molecule has 0 heterocycles. The van der Waals surface area contributed by atoms with E-state index in [4.69, 9.17) is 4.55 Å². The zero-order valence-corrected chi connectivity index (χ0v) is 12.3. The molecule has 1 unspecified atom stereocenters. The smallest absolute Gasteiger partial charge is 0.560 e. The van der Waals surface area contributed by atoms with Crippen LogP contribution in [0.3, 0.4) is 0 Å². The molecule has 2 N–H and O–H groups in total. The molecular formula is C6H12N3NaO5S. The third-order valence-electron chi connectivity index (χ3n) is 1.46. The SMILES string of the molecule is C[N-]N(C(C)=O)C(=O)NC(C)S(=O)(=O)O.[Na+]. The third kappa shape index (κ3) is 5.77. The van der Waals surface area contributed by atoms with E-state index >= 15 is 0 Å². The first-order chi connectivity index (χ1) is 6.70. The van der Waals surface area contributed by atoms with E-state index in [1.165, 1.54) is 7.05 Å². The van der Waals surface area contributed by atoms with Crippen molar-refractivity contribution in [1.29, 1.82) is 0 Å². The van der Waals surface area contributed by atoms with E-state index in [0.717, 1.165) is 13.8 Å². The van der Waals surface area contributed by atoms with E-state index in [1.54, 1.807) is 0 Å². The van der Waals surface area contributed by atoms with Crippen molar-refractivity contribution in [2.45, 2.75) is 19.2 Å². The number of rotatable bonds is 3. The Morgan fingerprint density at radius 2 is 1.88 bits per heavy atom. The van der Waals surface area contributed by atoms with E-state index < -0.39 is 27.4 Å². The van der Waals surface area contributed by atoms with Gasteiger partial charge in [-0.05, 0) is 6.92 Å². The van der Waals surface area contributed by atoms with Crippen molar-refractivity contribution in [3.05, 3.63) is 5.43 Å². The summed E-state index contributed by atoms with van der Waals surface area (Å²) in [5.41, 5.74) is 3.32.